The molecule has 0 radical (unpaired) electrons. The summed E-state index contributed by atoms with van der Waals surface area (Å²) in [5, 5.41) is 10.4. The van der Waals surface area contributed by atoms with Gasteiger partial charge >= 0.3 is 0 Å². The van der Waals surface area contributed by atoms with Crippen molar-refractivity contribution in [2.45, 2.75) is 110 Å². The van der Waals surface area contributed by atoms with E-state index in [1.54, 1.807) is 17.7 Å². The molecule has 3 fully saturated rings. The Bertz CT molecular complexity index is 1190. The van der Waals surface area contributed by atoms with Gasteiger partial charge in [0.1, 0.15) is 16.7 Å². The summed E-state index contributed by atoms with van der Waals surface area (Å²) in [6.45, 7) is 18.0. The molecule has 0 aliphatic heterocycles. The minimum atomic E-state index is -4.27. The van der Waals surface area contributed by atoms with Gasteiger partial charge in [0.05, 0.1) is 43.8 Å². The van der Waals surface area contributed by atoms with Gasteiger partial charge in [0, 0.05) is 0 Å². The SMILES string of the molecule is CC[N+](C)(CC)CCO[C@H]1CC[C@@]2(C)C(=CCC3C2CC[C@@]2(C)C3CC[C@@H]2[C@@H](C)O)C1.Cc1ccc(S(=O)(=O)[O-])cc1. The van der Waals surface area contributed by atoms with E-state index in [9.17, 15) is 18.1 Å². The minimum absolute atomic E-state index is 0.148. The van der Waals surface area contributed by atoms with Gasteiger partial charge in [-0.2, -0.15) is 0 Å². The lowest BCUT2D eigenvalue weighted by atomic mass is 9.47. The van der Waals surface area contributed by atoms with Crippen molar-refractivity contribution in [3.05, 3.63) is 41.5 Å². The molecule has 4 aliphatic carbocycles. The molecule has 5 rings (SSSR count). The number of nitrogens with zero attached hydrogens (tertiary/aromatic N) is 1. The maximum absolute atomic E-state index is 10.4. The molecule has 0 heterocycles. The number of allylic oxidation sites excluding steroid dienone is 1. The van der Waals surface area contributed by atoms with Gasteiger partial charge in [0.25, 0.3) is 0 Å². The third-order valence-corrected chi connectivity index (χ3v) is 13.4. The van der Waals surface area contributed by atoms with Crippen LogP contribution in [-0.4, -0.2) is 68.1 Å². The molecule has 1 aromatic rings. The van der Waals surface area contributed by atoms with E-state index in [2.05, 4.69) is 40.8 Å². The van der Waals surface area contributed by atoms with E-state index in [0.717, 1.165) is 41.0 Å². The monoisotopic (exact) mass is 603 g/mol. The van der Waals surface area contributed by atoms with E-state index in [1.807, 2.05) is 13.8 Å². The molecular formula is C35H57NO5S. The predicted molar refractivity (Wildman–Crippen MR) is 168 cm³/mol. The molecule has 238 valence electrons. The van der Waals surface area contributed by atoms with E-state index in [4.69, 9.17) is 4.74 Å². The Morgan fingerprint density at radius 1 is 1.05 bits per heavy atom. The van der Waals surface area contributed by atoms with Crippen molar-refractivity contribution in [2.24, 2.45) is 34.5 Å². The van der Waals surface area contributed by atoms with Gasteiger partial charge in [-0.3, -0.25) is 0 Å². The summed E-state index contributed by atoms with van der Waals surface area (Å²) in [5.41, 5.74) is 3.41. The zero-order chi connectivity index (χ0) is 30.9. The van der Waals surface area contributed by atoms with E-state index < -0.39 is 10.1 Å². The average Bonchev–Trinajstić information content (AvgIpc) is 3.31. The van der Waals surface area contributed by atoms with Crippen molar-refractivity contribution in [3.8, 4) is 0 Å². The van der Waals surface area contributed by atoms with Crippen LogP contribution in [0.5, 0.6) is 0 Å². The van der Waals surface area contributed by atoms with Crippen molar-refractivity contribution < 1.29 is 27.3 Å². The number of benzene rings is 1. The molecule has 8 atom stereocenters. The van der Waals surface area contributed by atoms with Gasteiger partial charge in [0.2, 0.25) is 0 Å². The molecule has 0 bridgehead atoms. The van der Waals surface area contributed by atoms with Crippen LogP contribution in [0.25, 0.3) is 0 Å². The first-order valence-electron chi connectivity index (χ1n) is 16.5. The molecule has 0 amide bonds. The average molecular weight is 604 g/mol. The van der Waals surface area contributed by atoms with E-state index in [-0.39, 0.29) is 11.0 Å². The minimum Gasteiger partial charge on any atom is -0.744 e. The van der Waals surface area contributed by atoms with Gasteiger partial charge < -0.3 is 18.9 Å². The lowest BCUT2D eigenvalue weighted by molar-refractivity contribution is -0.906. The Labute approximate surface area is 256 Å². The van der Waals surface area contributed by atoms with Gasteiger partial charge in [-0.1, -0.05) is 43.2 Å². The van der Waals surface area contributed by atoms with E-state index in [0.29, 0.717) is 22.9 Å². The Morgan fingerprint density at radius 2 is 1.71 bits per heavy atom. The number of aliphatic hydroxyl groups is 1. The second-order valence-electron chi connectivity index (χ2n) is 14.7. The largest absolute Gasteiger partial charge is 0.744 e. The van der Waals surface area contributed by atoms with E-state index >= 15 is 0 Å². The molecule has 1 aromatic carbocycles. The molecule has 42 heavy (non-hydrogen) atoms. The van der Waals surface area contributed by atoms with Crippen molar-refractivity contribution in [2.75, 3.05) is 33.3 Å². The topological polar surface area (TPSA) is 86.7 Å². The summed E-state index contributed by atoms with van der Waals surface area (Å²) >= 11 is 0. The molecule has 1 N–H and O–H groups in total. The number of likely N-dealkylation sites (N-methyl/N-ethyl adjacent to an activating group) is 1. The molecule has 7 heteroatoms. The first-order valence-corrected chi connectivity index (χ1v) is 17.9. The second kappa shape index (κ2) is 13.0. The zero-order valence-electron chi connectivity index (χ0n) is 27.3. The normalized spacial score (nSPS) is 35.2. The highest BCUT2D eigenvalue weighted by molar-refractivity contribution is 7.85. The molecule has 4 aliphatic rings. The standard InChI is InChI=1S/C28H50NO2.C7H8O3S/c1-7-29(6,8-2)17-18-31-22-13-15-27(4)21(19-22)9-10-23-25-12-11-24(20(3)30)28(25,5)16-14-26(23)27;1-6-2-4-7(5-3-6)11(8,9)10/h9,20,22-26,30H,7-8,10-19H2,1-6H3;2-5H,1H3,(H,8,9,10)/q+1;/p-1/t20-,22+,23?,24-,25?,26?,27+,28-;/m1./s1. The quantitative estimate of drug-likeness (QED) is 0.203. The molecule has 0 saturated heterocycles. The highest BCUT2D eigenvalue weighted by Crippen LogP contribution is 2.66. The lowest BCUT2D eigenvalue weighted by Gasteiger charge is -2.58. The Hall–Kier alpha value is -1.25. The number of fused-ring (bicyclic) bond motifs is 5. The fourth-order valence-electron chi connectivity index (χ4n) is 9.29. The summed E-state index contributed by atoms with van der Waals surface area (Å²) < 4.78 is 38.7. The number of quaternary nitrogens is 1. The summed E-state index contributed by atoms with van der Waals surface area (Å²) in [6, 6.07) is 5.78. The van der Waals surface area contributed by atoms with Gasteiger partial charge in [-0.15, -0.1) is 0 Å². The van der Waals surface area contributed by atoms with Crippen LogP contribution in [0.4, 0.5) is 0 Å². The lowest BCUT2D eigenvalue weighted by Crippen LogP contribution is -2.51. The first-order chi connectivity index (χ1) is 19.7. The summed E-state index contributed by atoms with van der Waals surface area (Å²) in [6.07, 6.45) is 13.2. The van der Waals surface area contributed by atoms with Crippen molar-refractivity contribution in [3.63, 3.8) is 0 Å². The molecular weight excluding hydrogens is 546 g/mol. The van der Waals surface area contributed by atoms with Crippen LogP contribution in [0, 0.1) is 41.4 Å². The molecule has 6 nitrogen and oxygen atoms in total. The van der Waals surface area contributed by atoms with E-state index in [1.165, 1.54) is 76.6 Å². The van der Waals surface area contributed by atoms with Crippen LogP contribution in [0.15, 0.2) is 40.8 Å². The molecule has 0 aromatic heterocycles. The smallest absolute Gasteiger partial charge is 0.124 e. The zero-order valence-corrected chi connectivity index (χ0v) is 28.1. The van der Waals surface area contributed by atoms with Crippen LogP contribution in [0.3, 0.4) is 0 Å². The fraction of sp³-hybridized carbons (Fsp3) is 0.771. The van der Waals surface area contributed by atoms with Gasteiger partial charge in [-0.25, -0.2) is 8.42 Å². The van der Waals surface area contributed by atoms with Crippen molar-refractivity contribution in [1.29, 1.82) is 0 Å². The number of hydrogen-bond acceptors (Lipinski definition) is 5. The van der Waals surface area contributed by atoms with Crippen LogP contribution >= 0.6 is 0 Å². The van der Waals surface area contributed by atoms with Crippen LogP contribution in [-0.2, 0) is 14.9 Å². The number of aryl methyl sites for hydroxylation is 1. The predicted octanol–water partition coefficient (Wildman–Crippen LogP) is 6.72. The molecule has 3 saturated carbocycles. The van der Waals surface area contributed by atoms with Crippen LogP contribution in [0.1, 0.15) is 91.5 Å². The Balaban J connectivity index is 0.000000310. The Morgan fingerprint density at radius 3 is 2.31 bits per heavy atom. The van der Waals surface area contributed by atoms with Crippen molar-refractivity contribution >= 4 is 10.1 Å². The van der Waals surface area contributed by atoms with Crippen molar-refractivity contribution in [1.82, 2.24) is 0 Å². The number of rotatable bonds is 8. The third-order valence-electron chi connectivity index (χ3n) is 12.5. The summed E-state index contributed by atoms with van der Waals surface area (Å²) in [5.74, 6) is 3.00. The number of ether oxygens (including phenoxy) is 1. The first kappa shape index (κ1) is 33.6. The fourth-order valence-corrected chi connectivity index (χ4v) is 9.76. The highest BCUT2D eigenvalue weighted by atomic mass is 32.2. The van der Waals surface area contributed by atoms with Gasteiger partial charge in [-0.05, 0) is 126 Å². The maximum Gasteiger partial charge on any atom is 0.124 e. The number of aliphatic hydroxyl groups excluding tert-OH is 1. The van der Waals surface area contributed by atoms with Crippen LogP contribution < -0.4 is 0 Å². The second-order valence-corrected chi connectivity index (χ2v) is 16.1. The maximum atomic E-state index is 10.4. The third kappa shape index (κ3) is 6.86. The molecule has 0 spiro atoms. The molecule has 3 unspecified atom stereocenters. The Kier molecular flexibility index (Phi) is 10.4. The number of hydrogen-bond donors (Lipinski definition) is 1. The van der Waals surface area contributed by atoms with Gasteiger partial charge in [0.15, 0.2) is 0 Å². The highest BCUT2D eigenvalue weighted by Gasteiger charge is 2.59. The van der Waals surface area contributed by atoms with Crippen LogP contribution in [0.2, 0.25) is 0 Å². The summed E-state index contributed by atoms with van der Waals surface area (Å²) in [7, 11) is -1.92. The summed E-state index contributed by atoms with van der Waals surface area (Å²) in [4.78, 5) is -0.178.